The van der Waals surface area contributed by atoms with Crippen LogP contribution in [0.15, 0.2) is 53.4 Å². The molecule has 132 valence electrons. The number of thiocarbonyl (C=S) groups is 1. The van der Waals surface area contributed by atoms with Gasteiger partial charge < -0.3 is 4.74 Å². The highest BCUT2D eigenvalue weighted by Crippen LogP contribution is 2.36. The van der Waals surface area contributed by atoms with Gasteiger partial charge in [0.1, 0.15) is 5.82 Å². The lowest BCUT2D eigenvalue weighted by molar-refractivity contribution is -0.113. The van der Waals surface area contributed by atoms with Crippen molar-refractivity contribution in [3.63, 3.8) is 0 Å². The van der Waals surface area contributed by atoms with E-state index < -0.39 is 11.8 Å². The summed E-state index contributed by atoms with van der Waals surface area (Å²) in [6, 6.07) is 12.6. The maximum atomic E-state index is 13.8. The molecule has 0 bridgehead atoms. The molecule has 1 heterocycles. The highest BCUT2D eigenvalue weighted by molar-refractivity contribution is 8.27. The van der Waals surface area contributed by atoms with E-state index in [9.17, 15) is 14.0 Å². The predicted octanol–water partition coefficient (Wildman–Crippen LogP) is 4.41. The Morgan fingerprint density at radius 2 is 1.92 bits per heavy atom. The average Bonchev–Trinajstić information content (AvgIpc) is 2.91. The zero-order valence-corrected chi connectivity index (χ0v) is 15.4. The van der Waals surface area contributed by atoms with Gasteiger partial charge in [-0.3, -0.25) is 9.69 Å². The van der Waals surface area contributed by atoms with Gasteiger partial charge in [-0.25, -0.2) is 9.18 Å². The van der Waals surface area contributed by atoms with E-state index in [4.69, 9.17) is 17.0 Å². The number of halogens is 1. The third kappa shape index (κ3) is 3.68. The Hall–Kier alpha value is -2.51. The van der Waals surface area contributed by atoms with Crippen molar-refractivity contribution in [3.8, 4) is 0 Å². The predicted molar refractivity (Wildman–Crippen MR) is 104 cm³/mol. The van der Waals surface area contributed by atoms with Crippen LogP contribution in [0.25, 0.3) is 6.08 Å². The molecule has 3 rings (SSSR count). The molecule has 1 fully saturated rings. The van der Waals surface area contributed by atoms with Crippen LogP contribution in [0.1, 0.15) is 22.8 Å². The molecule has 0 aliphatic carbocycles. The Labute approximate surface area is 159 Å². The van der Waals surface area contributed by atoms with Crippen LogP contribution < -0.4 is 4.90 Å². The summed E-state index contributed by atoms with van der Waals surface area (Å²) in [6.07, 6.45) is 1.49. The van der Waals surface area contributed by atoms with E-state index in [2.05, 4.69) is 0 Å². The maximum Gasteiger partial charge on any atom is 0.338 e. The number of hydrogen-bond donors (Lipinski definition) is 0. The number of hydrogen-bond acceptors (Lipinski definition) is 5. The smallest absolute Gasteiger partial charge is 0.338 e. The van der Waals surface area contributed by atoms with Crippen molar-refractivity contribution in [3.05, 3.63) is 70.4 Å². The lowest BCUT2D eigenvalue weighted by atomic mass is 10.2. The number of rotatable bonds is 4. The third-order valence-electron chi connectivity index (χ3n) is 3.62. The topological polar surface area (TPSA) is 46.6 Å². The molecule has 0 atom stereocenters. The molecule has 4 nitrogen and oxygen atoms in total. The second kappa shape index (κ2) is 7.80. The van der Waals surface area contributed by atoms with Gasteiger partial charge in [0.05, 0.1) is 22.8 Å². The van der Waals surface area contributed by atoms with Gasteiger partial charge in [0.15, 0.2) is 4.32 Å². The fourth-order valence-electron chi connectivity index (χ4n) is 2.38. The number of carbonyl (C=O) groups excluding carboxylic acids is 2. The van der Waals surface area contributed by atoms with Gasteiger partial charge in [0.25, 0.3) is 5.91 Å². The van der Waals surface area contributed by atoms with Gasteiger partial charge in [-0.05, 0) is 43.3 Å². The maximum absolute atomic E-state index is 13.8. The van der Waals surface area contributed by atoms with Crippen molar-refractivity contribution >= 4 is 51.9 Å². The lowest BCUT2D eigenvalue weighted by Crippen LogP contribution is -2.27. The minimum absolute atomic E-state index is 0.288. The molecular weight excluding hydrogens is 373 g/mol. The third-order valence-corrected chi connectivity index (χ3v) is 4.92. The summed E-state index contributed by atoms with van der Waals surface area (Å²) in [5.74, 6) is -1.16. The van der Waals surface area contributed by atoms with E-state index in [-0.39, 0.29) is 12.5 Å². The minimum atomic E-state index is -0.427. The van der Waals surface area contributed by atoms with Crippen LogP contribution in [0.5, 0.6) is 0 Å². The SMILES string of the molecule is CCOC(=O)c1ccc(N2C(=O)C(=Cc3ccccc3F)SC2=S)cc1. The molecule has 1 saturated heterocycles. The van der Waals surface area contributed by atoms with Crippen molar-refractivity contribution in [1.29, 1.82) is 0 Å². The summed E-state index contributed by atoms with van der Waals surface area (Å²) in [5, 5.41) is 0. The Morgan fingerprint density at radius 1 is 1.23 bits per heavy atom. The van der Waals surface area contributed by atoms with E-state index >= 15 is 0 Å². The molecule has 2 aromatic carbocycles. The zero-order valence-electron chi connectivity index (χ0n) is 13.8. The summed E-state index contributed by atoms with van der Waals surface area (Å²) in [6.45, 7) is 2.02. The Kier molecular flexibility index (Phi) is 5.49. The van der Waals surface area contributed by atoms with Crippen LogP contribution in [-0.2, 0) is 9.53 Å². The molecule has 26 heavy (non-hydrogen) atoms. The largest absolute Gasteiger partial charge is 0.462 e. The lowest BCUT2D eigenvalue weighted by Gasteiger charge is -2.14. The van der Waals surface area contributed by atoms with Gasteiger partial charge >= 0.3 is 5.97 Å². The highest BCUT2D eigenvalue weighted by Gasteiger charge is 2.33. The molecule has 1 aliphatic heterocycles. The number of benzene rings is 2. The van der Waals surface area contributed by atoms with Gasteiger partial charge in [-0.1, -0.05) is 42.2 Å². The quantitative estimate of drug-likeness (QED) is 0.442. The Balaban J connectivity index is 1.85. The van der Waals surface area contributed by atoms with E-state index in [1.165, 1.54) is 17.0 Å². The Bertz CT molecular complexity index is 909. The molecule has 0 aromatic heterocycles. The first-order chi connectivity index (χ1) is 12.5. The van der Waals surface area contributed by atoms with Crippen LogP contribution in [0.3, 0.4) is 0 Å². The highest BCUT2D eigenvalue weighted by atomic mass is 32.2. The minimum Gasteiger partial charge on any atom is -0.462 e. The van der Waals surface area contributed by atoms with Crippen LogP contribution in [-0.4, -0.2) is 22.8 Å². The van der Waals surface area contributed by atoms with Crippen molar-refractivity contribution in [1.82, 2.24) is 0 Å². The number of ether oxygens (including phenoxy) is 1. The number of esters is 1. The fourth-order valence-corrected chi connectivity index (χ4v) is 3.67. The molecule has 1 aliphatic rings. The normalized spacial score (nSPS) is 15.6. The number of amides is 1. The molecule has 0 unspecified atom stereocenters. The van der Waals surface area contributed by atoms with E-state index in [1.54, 1.807) is 49.4 Å². The molecule has 2 aromatic rings. The fraction of sp³-hybridized carbons (Fsp3) is 0.105. The van der Waals surface area contributed by atoms with E-state index in [0.717, 1.165) is 11.8 Å². The van der Waals surface area contributed by atoms with E-state index in [1.807, 2.05) is 0 Å². The molecule has 7 heteroatoms. The zero-order chi connectivity index (χ0) is 18.7. The number of nitrogens with zero attached hydrogens (tertiary/aromatic N) is 1. The van der Waals surface area contributed by atoms with Gasteiger partial charge in [-0.15, -0.1) is 0 Å². The van der Waals surface area contributed by atoms with Crippen LogP contribution in [0, 0.1) is 5.82 Å². The van der Waals surface area contributed by atoms with Crippen molar-refractivity contribution in [2.24, 2.45) is 0 Å². The van der Waals surface area contributed by atoms with Crippen LogP contribution >= 0.6 is 24.0 Å². The number of thioether (sulfide) groups is 1. The summed E-state index contributed by atoms with van der Waals surface area (Å²) >= 11 is 6.40. The average molecular weight is 387 g/mol. The molecular formula is C19H14FNO3S2. The second-order valence-electron chi connectivity index (χ2n) is 5.31. The first-order valence-corrected chi connectivity index (χ1v) is 9.03. The summed E-state index contributed by atoms with van der Waals surface area (Å²) in [5.41, 5.74) is 1.26. The molecule has 0 radical (unpaired) electrons. The van der Waals surface area contributed by atoms with Gasteiger partial charge in [-0.2, -0.15) is 0 Å². The van der Waals surface area contributed by atoms with Gasteiger partial charge in [0, 0.05) is 5.56 Å². The molecule has 0 spiro atoms. The molecule has 1 amide bonds. The van der Waals surface area contributed by atoms with Crippen molar-refractivity contribution in [2.45, 2.75) is 6.92 Å². The Morgan fingerprint density at radius 3 is 2.58 bits per heavy atom. The van der Waals surface area contributed by atoms with Crippen molar-refractivity contribution < 1.29 is 18.7 Å². The summed E-state index contributed by atoms with van der Waals surface area (Å²) < 4.78 is 19.1. The summed E-state index contributed by atoms with van der Waals surface area (Å²) in [4.78, 5) is 26.1. The van der Waals surface area contributed by atoms with Crippen molar-refractivity contribution in [2.75, 3.05) is 11.5 Å². The molecule has 0 saturated carbocycles. The number of anilines is 1. The first-order valence-electron chi connectivity index (χ1n) is 7.81. The number of carbonyl (C=O) groups is 2. The molecule has 0 N–H and O–H groups in total. The standard InChI is InChI=1S/C19H14FNO3S2/c1-2-24-18(23)12-7-9-14(10-8-12)21-17(22)16(26-19(21)25)11-13-5-3-4-6-15(13)20/h3-11H,2H2,1H3. The second-order valence-corrected chi connectivity index (χ2v) is 6.98. The van der Waals surface area contributed by atoms with Crippen LogP contribution in [0.4, 0.5) is 10.1 Å². The summed E-state index contributed by atoms with van der Waals surface area (Å²) in [7, 11) is 0. The first kappa shape index (κ1) is 18.3. The van der Waals surface area contributed by atoms with E-state index in [0.29, 0.717) is 26.0 Å². The van der Waals surface area contributed by atoms with Gasteiger partial charge in [0.2, 0.25) is 0 Å². The van der Waals surface area contributed by atoms with Crippen LogP contribution in [0.2, 0.25) is 0 Å². The monoisotopic (exact) mass is 387 g/mol.